The fraction of sp³-hybridized carbons (Fsp3) is 0.562. The van der Waals surface area contributed by atoms with Crippen molar-refractivity contribution in [3.8, 4) is 11.5 Å². The minimum atomic E-state index is -0.326. The third kappa shape index (κ3) is 4.93. The zero-order valence-corrected chi connectivity index (χ0v) is 13.4. The Bertz CT molecular complexity index is 460. The van der Waals surface area contributed by atoms with Crippen molar-refractivity contribution in [3.05, 3.63) is 23.8 Å². The van der Waals surface area contributed by atoms with Gasteiger partial charge in [0, 0.05) is 6.54 Å². The van der Waals surface area contributed by atoms with Crippen molar-refractivity contribution in [2.24, 2.45) is 5.92 Å². The third-order valence-electron chi connectivity index (χ3n) is 3.18. The smallest absolute Gasteiger partial charge is 0.323 e. The zero-order valence-electron chi connectivity index (χ0n) is 13.4. The molecule has 1 aromatic rings. The van der Waals surface area contributed by atoms with Crippen LogP contribution >= 0.6 is 0 Å². The van der Waals surface area contributed by atoms with Gasteiger partial charge >= 0.3 is 5.97 Å². The second-order valence-corrected chi connectivity index (χ2v) is 5.04. The number of carbonyl (C=O) groups excluding carboxylic acids is 1. The van der Waals surface area contributed by atoms with Crippen LogP contribution in [0.15, 0.2) is 18.2 Å². The molecule has 118 valence electrons. The molecule has 0 aliphatic heterocycles. The zero-order chi connectivity index (χ0) is 15.8. The van der Waals surface area contributed by atoms with E-state index in [1.165, 1.54) is 7.11 Å². The van der Waals surface area contributed by atoms with Crippen molar-refractivity contribution < 1.29 is 19.0 Å². The summed E-state index contributed by atoms with van der Waals surface area (Å²) in [6.07, 6.45) is 0. The summed E-state index contributed by atoms with van der Waals surface area (Å²) in [5, 5.41) is 3.22. The van der Waals surface area contributed by atoms with Gasteiger partial charge in [-0.25, -0.2) is 0 Å². The predicted molar refractivity (Wildman–Crippen MR) is 81.6 cm³/mol. The standard InChI is InChI=1S/C16H25NO4/c1-6-21-13-8-7-12(9-14(13)19-4)10-17-15(11(2)3)16(18)20-5/h7-9,11,15,17H,6,10H2,1-5H3/t15-/m0/s1. The van der Waals surface area contributed by atoms with E-state index in [2.05, 4.69) is 5.32 Å². The van der Waals surface area contributed by atoms with Crippen LogP contribution in [0, 0.1) is 5.92 Å². The molecule has 0 aliphatic carbocycles. The predicted octanol–water partition coefficient (Wildman–Crippen LogP) is 2.38. The Morgan fingerprint density at radius 1 is 1.24 bits per heavy atom. The van der Waals surface area contributed by atoms with E-state index < -0.39 is 0 Å². The summed E-state index contributed by atoms with van der Waals surface area (Å²) in [6, 6.07) is 5.41. The molecular weight excluding hydrogens is 270 g/mol. The van der Waals surface area contributed by atoms with Crippen LogP contribution in [0.3, 0.4) is 0 Å². The Balaban J connectivity index is 2.76. The van der Waals surface area contributed by atoms with Crippen LogP contribution in [0.25, 0.3) is 0 Å². The molecule has 0 amide bonds. The molecular formula is C16H25NO4. The lowest BCUT2D eigenvalue weighted by Gasteiger charge is -2.20. The number of benzene rings is 1. The molecule has 0 saturated carbocycles. The highest BCUT2D eigenvalue weighted by Crippen LogP contribution is 2.28. The molecule has 0 fully saturated rings. The van der Waals surface area contributed by atoms with E-state index in [4.69, 9.17) is 14.2 Å². The van der Waals surface area contributed by atoms with Gasteiger partial charge in [0.2, 0.25) is 0 Å². The van der Waals surface area contributed by atoms with Crippen molar-refractivity contribution in [1.82, 2.24) is 5.32 Å². The van der Waals surface area contributed by atoms with Gasteiger partial charge in [-0.15, -0.1) is 0 Å². The summed E-state index contributed by atoms with van der Waals surface area (Å²) in [4.78, 5) is 11.7. The Kier molecular flexibility index (Phi) is 7.02. The number of rotatable bonds is 8. The normalized spacial score (nSPS) is 12.1. The van der Waals surface area contributed by atoms with E-state index in [9.17, 15) is 4.79 Å². The van der Waals surface area contributed by atoms with Gasteiger partial charge in [-0.05, 0) is 30.5 Å². The summed E-state index contributed by atoms with van der Waals surface area (Å²) in [5.74, 6) is 1.32. The van der Waals surface area contributed by atoms with E-state index in [1.807, 2.05) is 39.0 Å². The van der Waals surface area contributed by atoms with Crippen LogP contribution in [-0.4, -0.2) is 32.8 Å². The Morgan fingerprint density at radius 2 is 1.95 bits per heavy atom. The first kappa shape index (κ1) is 17.3. The molecule has 0 spiro atoms. The summed E-state index contributed by atoms with van der Waals surface area (Å²) >= 11 is 0. The second-order valence-electron chi connectivity index (χ2n) is 5.04. The summed E-state index contributed by atoms with van der Waals surface area (Å²) < 4.78 is 15.6. The monoisotopic (exact) mass is 295 g/mol. The van der Waals surface area contributed by atoms with Crippen LogP contribution in [0.1, 0.15) is 26.3 Å². The molecule has 5 nitrogen and oxygen atoms in total. The SMILES string of the molecule is CCOc1ccc(CN[C@H](C(=O)OC)C(C)C)cc1OC. The number of methoxy groups -OCH3 is 2. The quantitative estimate of drug-likeness (QED) is 0.746. The van der Waals surface area contributed by atoms with E-state index in [0.717, 1.165) is 11.3 Å². The fourth-order valence-electron chi connectivity index (χ4n) is 2.04. The molecule has 1 rings (SSSR count). The van der Waals surface area contributed by atoms with Gasteiger partial charge < -0.3 is 19.5 Å². The topological polar surface area (TPSA) is 56.8 Å². The van der Waals surface area contributed by atoms with Gasteiger partial charge in [-0.1, -0.05) is 19.9 Å². The third-order valence-corrected chi connectivity index (χ3v) is 3.18. The first-order valence-electron chi connectivity index (χ1n) is 7.14. The average molecular weight is 295 g/mol. The van der Waals surface area contributed by atoms with Gasteiger partial charge in [0.1, 0.15) is 6.04 Å². The highest BCUT2D eigenvalue weighted by atomic mass is 16.5. The van der Waals surface area contributed by atoms with Gasteiger partial charge in [-0.3, -0.25) is 4.79 Å². The average Bonchev–Trinajstić information content (AvgIpc) is 2.48. The lowest BCUT2D eigenvalue weighted by molar-refractivity contribution is -0.144. The maximum atomic E-state index is 11.7. The van der Waals surface area contributed by atoms with Gasteiger partial charge in [0.25, 0.3) is 0 Å². The van der Waals surface area contributed by atoms with Crippen molar-refractivity contribution >= 4 is 5.97 Å². The highest BCUT2D eigenvalue weighted by molar-refractivity contribution is 5.75. The maximum absolute atomic E-state index is 11.7. The molecule has 21 heavy (non-hydrogen) atoms. The Hall–Kier alpha value is -1.75. The fourth-order valence-corrected chi connectivity index (χ4v) is 2.04. The maximum Gasteiger partial charge on any atom is 0.323 e. The minimum Gasteiger partial charge on any atom is -0.493 e. The molecule has 0 unspecified atom stereocenters. The molecule has 1 atom stereocenters. The molecule has 0 radical (unpaired) electrons. The van der Waals surface area contributed by atoms with Crippen molar-refractivity contribution in [3.63, 3.8) is 0 Å². The van der Waals surface area contributed by atoms with E-state index in [-0.39, 0.29) is 17.9 Å². The van der Waals surface area contributed by atoms with Crippen molar-refractivity contribution in [1.29, 1.82) is 0 Å². The summed E-state index contributed by atoms with van der Waals surface area (Å²) in [7, 11) is 3.01. The number of ether oxygens (including phenoxy) is 3. The Morgan fingerprint density at radius 3 is 2.48 bits per heavy atom. The second kappa shape index (κ2) is 8.52. The molecule has 5 heteroatoms. The number of hydrogen-bond acceptors (Lipinski definition) is 5. The Labute approximate surface area is 126 Å². The molecule has 0 bridgehead atoms. The number of carbonyl (C=O) groups is 1. The van der Waals surface area contributed by atoms with Gasteiger partial charge in [0.05, 0.1) is 20.8 Å². The highest BCUT2D eigenvalue weighted by Gasteiger charge is 2.22. The number of nitrogens with one attached hydrogen (secondary N) is 1. The molecule has 0 aromatic heterocycles. The van der Waals surface area contributed by atoms with E-state index >= 15 is 0 Å². The lowest BCUT2D eigenvalue weighted by Crippen LogP contribution is -2.41. The lowest BCUT2D eigenvalue weighted by atomic mass is 10.0. The van der Waals surface area contributed by atoms with E-state index in [0.29, 0.717) is 18.9 Å². The van der Waals surface area contributed by atoms with Gasteiger partial charge in [-0.2, -0.15) is 0 Å². The van der Waals surface area contributed by atoms with Crippen LogP contribution in [0.2, 0.25) is 0 Å². The minimum absolute atomic E-state index is 0.155. The van der Waals surface area contributed by atoms with Gasteiger partial charge in [0.15, 0.2) is 11.5 Å². The molecule has 0 aliphatic rings. The van der Waals surface area contributed by atoms with Crippen molar-refractivity contribution in [2.45, 2.75) is 33.4 Å². The molecule has 1 aromatic carbocycles. The largest absolute Gasteiger partial charge is 0.493 e. The number of hydrogen-bond donors (Lipinski definition) is 1. The molecule has 0 saturated heterocycles. The van der Waals surface area contributed by atoms with Crippen LogP contribution in [-0.2, 0) is 16.1 Å². The summed E-state index contributed by atoms with van der Waals surface area (Å²) in [5.41, 5.74) is 1.02. The van der Waals surface area contributed by atoms with Crippen LogP contribution < -0.4 is 14.8 Å². The molecule has 1 N–H and O–H groups in total. The van der Waals surface area contributed by atoms with Crippen molar-refractivity contribution in [2.75, 3.05) is 20.8 Å². The van der Waals surface area contributed by atoms with Crippen LogP contribution in [0.4, 0.5) is 0 Å². The summed E-state index contributed by atoms with van der Waals surface area (Å²) in [6.45, 7) is 7.03. The number of esters is 1. The molecule has 0 heterocycles. The van der Waals surface area contributed by atoms with E-state index in [1.54, 1.807) is 7.11 Å². The first-order chi connectivity index (χ1) is 10.0. The first-order valence-corrected chi connectivity index (χ1v) is 7.14. The van der Waals surface area contributed by atoms with Crippen LogP contribution in [0.5, 0.6) is 11.5 Å².